The molecule has 0 radical (unpaired) electrons. The molecule has 0 fully saturated rings. The summed E-state index contributed by atoms with van der Waals surface area (Å²) >= 11 is 0. The second-order valence-corrected chi connectivity index (χ2v) is 14.5. The van der Waals surface area contributed by atoms with E-state index in [4.69, 9.17) is 29.9 Å². The summed E-state index contributed by atoms with van der Waals surface area (Å²) in [6.07, 6.45) is 4.36. The van der Waals surface area contributed by atoms with Crippen LogP contribution in [0.15, 0.2) is 224 Å². The Kier molecular flexibility index (Phi) is 11.5. The third-order valence-corrected chi connectivity index (χ3v) is 10.3. The molecule has 8 heteroatoms. The van der Waals surface area contributed by atoms with E-state index in [0.717, 1.165) is 56.1 Å². The molecule has 0 aliphatic carbocycles. The van der Waals surface area contributed by atoms with Gasteiger partial charge >= 0.3 is 0 Å². The van der Waals surface area contributed by atoms with Crippen LogP contribution in [0, 0.1) is 0 Å². The fourth-order valence-corrected chi connectivity index (χ4v) is 7.19. The van der Waals surface area contributed by atoms with Crippen LogP contribution in [-0.2, 0) is 0 Å². The fourth-order valence-electron chi connectivity index (χ4n) is 7.19. The zero-order chi connectivity index (χ0) is 42.1. The van der Waals surface area contributed by atoms with Gasteiger partial charge in [-0.2, -0.15) is 19.9 Å². The van der Waals surface area contributed by atoms with Gasteiger partial charge in [0.25, 0.3) is 0 Å². The van der Waals surface area contributed by atoms with Crippen LogP contribution in [0.5, 0.6) is 0 Å². The average Bonchev–Trinajstić information content (AvgIpc) is 3.35. The van der Waals surface area contributed by atoms with Gasteiger partial charge in [-0.05, 0) is 67.5 Å². The van der Waals surface area contributed by atoms with Crippen LogP contribution >= 0.6 is 0 Å². The van der Waals surface area contributed by atoms with E-state index in [1.54, 1.807) is 0 Å². The highest BCUT2D eigenvalue weighted by molar-refractivity contribution is 5.79. The standard InChI is InChI=1S/C54H42N8/c1-3-45(61(46-32-18-8-19-33-46)47-34-20-9-21-35-47)37-39(2)44-31-22-36-48(38-44)62(53-57-49(40-23-10-4-11-24-40)55-50(58-53)41-25-12-5-13-26-41)54-59-51(42-27-14-6-15-28-42)56-52(60-54)43-29-16-7-17-30-43/h3-38H,1-2H3. The molecular formula is C54H42N8. The van der Waals surface area contributed by atoms with Crippen molar-refractivity contribution >= 4 is 34.5 Å². The number of hydrogen-bond donors (Lipinski definition) is 0. The molecule has 2 aromatic heterocycles. The zero-order valence-electron chi connectivity index (χ0n) is 34.4. The largest absolute Gasteiger partial charge is 0.311 e. The Balaban J connectivity index is 1.25. The topological polar surface area (TPSA) is 83.8 Å². The first-order valence-corrected chi connectivity index (χ1v) is 20.5. The molecule has 0 spiro atoms. The van der Waals surface area contributed by atoms with Gasteiger partial charge in [-0.3, -0.25) is 0 Å². The van der Waals surface area contributed by atoms with Crippen molar-refractivity contribution in [2.24, 2.45) is 0 Å². The van der Waals surface area contributed by atoms with Crippen LogP contribution in [0.4, 0.5) is 29.0 Å². The summed E-state index contributed by atoms with van der Waals surface area (Å²) in [7, 11) is 0. The molecule has 7 aromatic carbocycles. The zero-order valence-corrected chi connectivity index (χ0v) is 34.4. The number of nitrogens with zero attached hydrogens (tertiary/aromatic N) is 8. The third-order valence-electron chi connectivity index (χ3n) is 10.3. The molecule has 298 valence electrons. The molecule has 0 atom stereocenters. The monoisotopic (exact) mass is 802 g/mol. The van der Waals surface area contributed by atoms with E-state index in [1.165, 1.54) is 0 Å². The molecule has 0 aliphatic heterocycles. The van der Waals surface area contributed by atoms with Gasteiger partial charge in [0.2, 0.25) is 11.9 Å². The summed E-state index contributed by atoms with van der Waals surface area (Å²) in [4.78, 5) is 34.9. The molecule has 2 heterocycles. The van der Waals surface area contributed by atoms with Crippen molar-refractivity contribution in [3.8, 4) is 45.6 Å². The van der Waals surface area contributed by atoms with Gasteiger partial charge in [0.15, 0.2) is 23.3 Å². The quantitative estimate of drug-likeness (QED) is 0.113. The first-order chi connectivity index (χ1) is 30.6. The molecule has 0 saturated heterocycles. The van der Waals surface area contributed by atoms with E-state index in [0.29, 0.717) is 35.2 Å². The van der Waals surface area contributed by atoms with Gasteiger partial charge in [0.1, 0.15) is 0 Å². The number of aromatic nitrogens is 6. The second kappa shape index (κ2) is 18.3. The van der Waals surface area contributed by atoms with Crippen molar-refractivity contribution in [3.63, 3.8) is 0 Å². The van der Waals surface area contributed by atoms with Gasteiger partial charge in [-0.1, -0.05) is 176 Å². The van der Waals surface area contributed by atoms with Gasteiger partial charge in [-0.25, -0.2) is 14.9 Å². The van der Waals surface area contributed by atoms with Crippen LogP contribution < -0.4 is 9.80 Å². The maximum atomic E-state index is 5.19. The van der Waals surface area contributed by atoms with E-state index in [1.807, 2.05) is 150 Å². The van der Waals surface area contributed by atoms with E-state index < -0.39 is 0 Å². The molecule has 0 unspecified atom stereocenters. The molecule has 0 aliphatic rings. The van der Waals surface area contributed by atoms with Gasteiger partial charge in [0, 0.05) is 39.3 Å². The van der Waals surface area contributed by atoms with Gasteiger partial charge < -0.3 is 4.90 Å². The van der Waals surface area contributed by atoms with Gasteiger partial charge in [0.05, 0.1) is 5.69 Å². The fraction of sp³-hybridized carbons (Fsp3) is 0.0370. The number of anilines is 5. The minimum atomic E-state index is 0.356. The number of para-hydroxylation sites is 2. The number of rotatable bonds is 12. The predicted molar refractivity (Wildman–Crippen MR) is 252 cm³/mol. The van der Waals surface area contributed by atoms with E-state index in [2.05, 4.69) is 91.6 Å². The lowest BCUT2D eigenvalue weighted by molar-refractivity contribution is 0.964. The first kappa shape index (κ1) is 39.1. The lowest BCUT2D eigenvalue weighted by atomic mass is 10.0. The smallest absolute Gasteiger partial charge is 0.241 e. The van der Waals surface area contributed by atoms with Crippen molar-refractivity contribution in [1.29, 1.82) is 0 Å². The SMILES string of the molecule is CC=C(C=C(C)c1cccc(N(c2nc(-c3ccccc3)nc(-c3ccccc3)n2)c2nc(-c3ccccc3)nc(-c3ccccc3)n2)c1)N(c1ccccc1)c1ccccc1. The minimum Gasteiger partial charge on any atom is -0.311 e. The number of benzene rings is 7. The van der Waals surface area contributed by atoms with Crippen molar-refractivity contribution < 1.29 is 0 Å². The van der Waals surface area contributed by atoms with Gasteiger partial charge in [-0.15, -0.1) is 0 Å². The number of allylic oxidation sites excluding steroid dienone is 3. The summed E-state index contributed by atoms with van der Waals surface area (Å²) in [6, 6.07) is 69.0. The Labute approximate surface area is 362 Å². The van der Waals surface area contributed by atoms with Crippen LogP contribution in [0.25, 0.3) is 51.1 Å². The molecule has 0 bridgehead atoms. The maximum Gasteiger partial charge on any atom is 0.241 e. The molecule has 9 rings (SSSR count). The van der Waals surface area contributed by atoms with Crippen molar-refractivity contribution in [2.45, 2.75) is 13.8 Å². The highest BCUT2D eigenvalue weighted by Crippen LogP contribution is 2.37. The highest BCUT2D eigenvalue weighted by Gasteiger charge is 2.25. The minimum absolute atomic E-state index is 0.356. The Hall–Kier alpha value is -8.36. The van der Waals surface area contributed by atoms with Crippen molar-refractivity contribution in [1.82, 2.24) is 29.9 Å². The van der Waals surface area contributed by atoms with Crippen LogP contribution in [0.3, 0.4) is 0 Å². The lowest BCUT2D eigenvalue weighted by Gasteiger charge is -2.27. The van der Waals surface area contributed by atoms with Crippen LogP contribution in [-0.4, -0.2) is 29.9 Å². The summed E-state index contributed by atoms with van der Waals surface area (Å²) in [5, 5.41) is 0. The molecule has 0 N–H and O–H groups in total. The molecular weight excluding hydrogens is 761 g/mol. The Morgan fingerprint density at radius 1 is 0.387 bits per heavy atom. The Bertz CT molecular complexity index is 2680. The summed E-state index contributed by atoms with van der Waals surface area (Å²) in [5.74, 6) is 2.79. The van der Waals surface area contributed by atoms with Crippen molar-refractivity contribution in [2.75, 3.05) is 9.80 Å². The highest BCUT2D eigenvalue weighted by atomic mass is 15.4. The Morgan fingerprint density at radius 2 is 0.726 bits per heavy atom. The van der Waals surface area contributed by atoms with Crippen LogP contribution in [0.2, 0.25) is 0 Å². The number of hydrogen-bond acceptors (Lipinski definition) is 8. The second-order valence-electron chi connectivity index (χ2n) is 14.5. The lowest BCUT2D eigenvalue weighted by Crippen LogP contribution is -2.19. The summed E-state index contributed by atoms with van der Waals surface area (Å²) in [6.45, 7) is 4.20. The predicted octanol–water partition coefficient (Wildman–Crippen LogP) is 13.3. The molecule has 9 aromatic rings. The van der Waals surface area contributed by atoms with E-state index >= 15 is 0 Å². The van der Waals surface area contributed by atoms with Crippen molar-refractivity contribution in [3.05, 3.63) is 230 Å². The molecule has 0 amide bonds. The molecule has 8 nitrogen and oxygen atoms in total. The Morgan fingerprint density at radius 3 is 1.08 bits per heavy atom. The maximum absolute atomic E-state index is 5.19. The first-order valence-electron chi connectivity index (χ1n) is 20.5. The van der Waals surface area contributed by atoms with E-state index in [9.17, 15) is 0 Å². The van der Waals surface area contributed by atoms with E-state index in [-0.39, 0.29) is 0 Å². The van der Waals surface area contributed by atoms with Crippen LogP contribution in [0.1, 0.15) is 19.4 Å². The third kappa shape index (κ3) is 8.66. The summed E-state index contributed by atoms with van der Waals surface area (Å²) < 4.78 is 0. The normalized spacial score (nSPS) is 11.6. The summed E-state index contributed by atoms with van der Waals surface area (Å²) in [5.41, 5.74) is 9.37. The molecule has 62 heavy (non-hydrogen) atoms. The average molecular weight is 803 g/mol. The molecule has 0 saturated carbocycles.